The molecule has 152 valence electrons. The molecule has 0 aliphatic rings. The highest BCUT2D eigenvalue weighted by atomic mass is 16.5. The van der Waals surface area contributed by atoms with E-state index < -0.39 is 5.97 Å². The fourth-order valence-corrected chi connectivity index (χ4v) is 3.10. The van der Waals surface area contributed by atoms with Crippen LogP contribution in [0, 0.1) is 0 Å². The molecule has 0 saturated carbocycles. The number of fused-ring (bicyclic) bond motifs is 1. The van der Waals surface area contributed by atoms with E-state index in [0.29, 0.717) is 5.56 Å². The summed E-state index contributed by atoms with van der Waals surface area (Å²) >= 11 is 0. The number of carbonyl (C=O) groups is 2. The van der Waals surface area contributed by atoms with Crippen LogP contribution in [0.1, 0.15) is 21.5 Å². The molecule has 0 unspecified atom stereocenters. The summed E-state index contributed by atoms with van der Waals surface area (Å²) in [6.07, 6.45) is 4.82. The summed E-state index contributed by atoms with van der Waals surface area (Å²) in [5.74, 6) is -0.639. The minimum Gasteiger partial charge on any atom is -0.458 e. The van der Waals surface area contributed by atoms with Crippen molar-refractivity contribution < 1.29 is 14.3 Å². The molecule has 1 aromatic heterocycles. The summed E-state index contributed by atoms with van der Waals surface area (Å²) in [6, 6.07) is 25.9. The van der Waals surface area contributed by atoms with Crippen LogP contribution in [0.25, 0.3) is 17.0 Å². The lowest BCUT2D eigenvalue weighted by Crippen LogP contribution is -2.11. The van der Waals surface area contributed by atoms with E-state index in [1.165, 1.54) is 6.08 Å². The van der Waals surface area contributed by atoms with E-state index in [4.69, 9.17) is 4.74 Å². The van der Waals surface area contributed by atoms with Gasteiger partial charge in [0.05, 0.1) is 5.52 Å². The van der Waals surface area contributed by atoms with Crippen LogP contribution in [0.3, 0.4) is 0 Å². The summed E-state index contributed by atoms with van der Waals surface area (Å²) in [5, 5.41) is 3.84. The Hall–Kier alpha value is -4.25. The number of esters is 1. The average molecular weight is 408 g/mol. The van der Waals surface area contributed by atoms with Crippen molar-refractivity contribution >= 4 is 34.5 Å². The molecule has 5 nitrogen and oxygen atoms in total. The first-order valence-corrected chi connectivity index (χ1v) is 9.83. The Bertz CT molecular complexity index is 1230. The zero-order valence-electron chi connectivity index (χ0n) is 16.7. The minimum absolute atomic E-state index is 0.123. The molecule has 0 spiro atoms. The number of hydrogen-bond acceptors (Lipinski definition) is 4. The maximum Gasteiger partial charge on any atom is 0.331 e. The molecule has 4 rings (SSSR count). The van der Waals surface area contributed by atoms with Gasteiger partial charge in [-0.2, -0.15) is 0 Å². The smallest absolute Gasteiger partial charge is 0.331 e. The number of rotatable bonds is 6. The van der Waals surface area contributed by atoms with Gasteiger partial charge in [0.25, 0.3) is 5.91 Å². The van der Waals surface area contributed by atoms with E-state index in [2.05, 4.69) is 10.3 Å². The number of amides is 1. The normalized spacial score (nSPS) is 10.8. The summed E-state index contributed by atoms with van der Waals surface area (Å²) in [7, 11) is 0. The predicted octanol–water partition coefficient (Wildman–Crippen LogP) is 5.24. The number of nitrogens with one attached hydrogen (secondary N) is 1. The quantitative estimate of drug-likeness (QED) is 0.350. The van der Waals surface area contributed by atoms with Gasteiger partial charge in [-0.3, -0.25) is 9.78 Å². The van der Waals surface area contributed by atoms with E-state index in [1.807, 2.05) is 60.7 Å². The molecular weight excluding hydrogens is 388 g/mol. The van der Waals surface area contributed by atoms with Crippen LogP contribution in [0.4, 0.5) is 5.69 Å². The fraction of sp³-hybridized carbons (Fsp3) is 0.0385. The second-order valence-electron chi connectivity index (χ2n) is 6.88. The lowest BCUT2D eigenvalue weighted by Gasteiger charge is -2.06. The largest absolute Gasteiger partial charge is 0.458 e. The van der Waals surface area contributed by atoms with Crippen molar-refractivity contribution in [3.63, 3.8) is 0 Å². The van der Waals surface area contributed by atoms with Gasteiger partial charge in [0.2, 0.25) is 0 Å². The second-order valence-corrected chi connectivity index (χ2v) is 6.88. The molecule has 0 atom stereocenters. The lowest BCUT2D eigenvalue weighted by atomic mass is 10.1. The van der Waals surface area contributed by atoms with Gasteiger partial charge >= 0.3 is 5.97 Å². The van der Waals surface area contributed by atoms with Crippen LogP contribution in [0.2, 0.25) is 0 Å². The molecule has 5 heteroatoms. The van der Waals surface area contributed by atoms with Crippen molar-refractivity contribution in [3.05, 3.63) is 114 Å². The Labute approximate surface area is 180 Å². The van der Waals surface area contributed by atoms with Crippen LogP contribution in [-0.2, 0) is 16.1 Å². The Morgan fingerprint density at radius 2 is 1.65 bits per heavy atom. The van der Waals surface area contributed by atoms with E-state index in [9.17, 15) is 9.59 Å². The Balaban J connectivity index is 1.33. The van der Waals surface area contributed by atoms with E-state index in [0.717, 1.165) is 27.7 Å². The zero-order valence-corrected chi connectivity index (χ0v) is 16.7. The molecule has 0 bridgehead atoms. The number of para-hydroxylation sites is 2. The Morgan fingerprint density at radius 1 is 0.871 bits per heavy atom. The molecule has 3 aromatic carbocycles. The third-order valence-electron chi connectivity index (χ3n) is 4.69. The minimum atomic E-state index is -0.446. The Morgan fingerprint density at radius 3 is 2.45 bits per heavy atom. The van der Waals surface area contributed by atoms with Crippen molar-refractivity contribution in [1.29, 1.82) is 0 Å². The summed E-state index contributed by atoms with van der Waals surface area (Å²) in [4.78, 5) is 28.8. The summed E-state index contributed by atoms with van der Waals surface area (Å²) in [5.41, 5.74) is 3.74. The fourth-order valence-electron chi connectivity index (χ4n) is 3.10. The average Bonchev–Trinajstić information content (AvgIpc) is 2.82. The Kier molecular flexibility index (Phi) is 6.14. The molecule has 1 N–H and O–H groups in total. The van der Waals surface area contributed by atoms with Gasteiger partial charge in [-0.25, -0.2) is 4.79 Å². The van der Waals surface area contributed by atoms with E-state index in [1.54, 1.807) is 36.5 Å². The summed E-state index contributed by atoms with van der Waals surface area (Å²) < 4.78 is 5.31. The van der Waals surface area contributed by atoms with Crippen LogP contribution >= 0.6 is 0 Å². The summed E-state index contributed by atoms with van der Waals surface area (Å²) in [6.45, 7) is 0.123. The van der Waals surface area contributed by atoms with Crippen molar-refractivity contribution in [2.24, 2.45) is 0 Å². The third-order valence-corrected chi connectivity index (χ3v) is 4.69. The number of pyridine rings is 1. The van der Waals surface area contributed by atoms with Crippen LogP contribution in [0.15, 0.2) is 97.2 Å². The topological polar surface area (TPSA) is 68.3 Å². The number of hydrogen-bond donors (Lipinski definition) is 1. The second kappa shape index (κ2) is 9.50. The molecule has 0 aliphatic heterocycles. The lowest BCUT2D eigenvalue weighted by molar-refractivity contribution is -0.138. The number of ether oxygens (including phenoxy) is 1. The van der Waals surface area contributed by atoms with Gasteiger partial charge in [0.1, 0.15) is 6.61 Å². The van der Waals surface area contributed by atoms with Gasteiger partial charge in [-0.1, -0.05) is 54.6 Å². The first-order chi connectivity index (χ1) is 15.2. The SMILES string of the molecule is O=C(/C=C/c1cccc2cccnc12)OCc1ccc(C(=O)Nc2ccccc2)cc1. The maximum atomic E-state index is 12.3. The van der Waals surface area contributed by atoms with Crippen molar-refractivity contribution in [1.82, 2.24) is 4.98 Å². The van der Waals surface area contributed by atoms with Gasteiger partial charge in [-0.15, -0.1) is 0 Å². The van der Waals surface area contributed by atoms with E-state index in [-0.39, 0.29) is 12.5 Å². The highest BCUT2D eigenvalue weighted by Crippen LogP contribution is 2.17. The molecule has 0 fully saturated rings. The zero-order chi connectivity index (χ0) is 21.5. The highest BCUT2D eigenvalue weighted by Gasteiger charge is 2.07. The number of anilines is 1. The molecule has 31 heavy (non-hydrogen) atoms. The molecule has 4 aromatic rings. The number of carbonyl (C=O) groups excluding carboxylic acids is 2. The van der Waals surface area contributed by atoms with Gasteiger partial charge in [0.15, 0.2) is 0 Å². The highest BCUT2D eigenvalue weighted by molar-refractivity contribution is 6.04. The standard InChI is InChI=1S/C26H20N2O3/c29-24(16-15-21-7-4-6-20-8-5-17-27-25(20)21)31-18-19-11-13-22(14-12-19)26(30)28-23-9-2-1-3-10-23/h1-17H,18H2,(H,28,30)/b16-15+. The third kappa shape index (κ3) is 5.22. The molecule has 1 amide bonds. The molecule has 0 radical (unpaired) electrons. The molecule has 0 aliphatic carbocycles. The maximum absolute atomic E-state index is 12.3. The number of aromatic nitrogens is 1. The molecule has 0 saturated heterocycles. The first-order valence-electron chi connectivity index (χ1n) is 9.83. The van der Waals surface area contributed by atoms with Gasteiger partial charge in [-0.05, 0) is 42.0 Å². The van der Waals surface area contributed by atoms with Crippen LogP contribution in [-0.4, -0.2) is 16.9 Å². The van der Waals surface area contributed by atoms with Crippen molar-refractivity contribution in [2.45, 2.75) is 6.61 Å². The predicted molar refractivity (Wildman–Crippen MR) is 121 cm³/mol. The van der Waals surface area contributed by atoms with E-state index >= 15 is 0 Å². The molecule has 1 heterocycles. The van der Waals surface area contributed by atoms with Gasteiger partial charge < -0.3 is 10.1 Å². The van der Waals surface area contributed by atoms with Crippen LogP contribution in [0.5, 0.6) is 0 Å². The molecular formula is C26H20N2O3. The van der Waals surface area contributed by atoms with Crippen LogP contribution < -0.4 is 5.32 Å². The monoisotopic (exact) mass is 408 g/mol. The number of benzene rings is 3. The number of nitrogens with zero attached hydrogens (tertiary/aromatic N) is 1. The first kappa shape index (κ1) is 20.0. The van der Waals surface area contributed by atoms with Gasteiger partial charge in [0, 0.05) is 34.5 Å². The van der Waals surface area contributed by atoms with Crippen molar-refractivity contribution in [3.8, 4) is 0 Å². The van der Waals surface area contributed by atoms with Crippen molar-refractivity contribution in [2.75, 3.05) is 5.32 Å².